The zero-order valence-corrected chi connectivity index (χ0v) is 15.0. The molecule has 0 N–H and O–H groups in total. The van der Waals surface area contributed by atoms with Gasteiger partial charge < -0.3 is 14.5 Å². The number of para-hydroxylation sites is 1. The highest BCUT2D eigenvalue weighted by Crippen LogP contribution is 2.19. The Bertz CT molecular complexity index is 563. The number of carbonyl (C=O) groups is 2. The van der Waals surface area contributed by atoms with E-state index in [1.165, 1.54) is 0 Å². The summed E-state index contributed by atoms with van der Waals surface area (Å²) in [6, 6.07) is 7.80. The van der Waals surface area contributed by atoms with Gasteiger partial charge in [-0.05, 0) is 24.0 Å². The van der Waals surface area contributed by atoms with Gasteiger partial charge in [0.25, 0.3) is 0 Å². The minimum Gasteiger partial charge on any atom is -0.496 e. The number of methoxy groups -OCH3 is 1. The smallest absolute Gasteiger partial charge is 0.223 e. The van der Waals surface area contributed by atoms with Gasteiger partial charge in [-0.15, -0.1) is 0 Å². The molecule has 1 aliphatic rings. The van der Waals surface area contributed by atoms with Crippen molar-refractivity contribution >= 4 is 11.8 Å². The lowest BCUT2D eigenvalue weighted by atomic mass is 10.1. The molecular weight excluding hydrogens is 304 g/mol. The van der Waals surface area contributed by atoms with Crippen LogP contribution in [0.1, 0.15) is 32.3 Å². The Balaban J connectivity index is 1.79. The fourth-order valence-corrected chi connectivity index (χ4v) is 2.99. The predicted octanol–water partition coefficient (Wildman–Crippen LogP) is 2.34. The van der Waals surface area contributed by atoms with E-state index in [4.69, 9.17) is 4.74 Å². The van der Waals surface area contributed by atoms with Gasteiger partial charge in [0.05, 0.1) is 7.11 Å². The first-order chi connectivity index (χ1) is 11.5. The van der Waals surface area contributed by atoms with Gasteiger partial charge in [-0.3, -0.25) is 9.59 Å². The maximum atomic E-state index is 12.4. The van der Waals surface area contributed by atoms with Crippen LogP contribution in [0.5, 0.6) is 5.75 Å². The molecule has 5 heteroatoms. The molecule has 0 aliphatic carbocycles. The first-order valence-electron chi connectivity index (χ1n) is 8.68. The first-order valence-corrected chi connectivity index (χ1v) is 8.68. The van der Waals surface area contributed by atoms with E-state index in [-0.39, 0.29) is 11.8 Å². The van der Waals surface area contributed by atoms with E-state index < -0.39 is 0 Å². The SMILES string of the molecule is COc1ccccc1CCC(=O)N1CCN(C(=O)CC(C)C)CC1. The van der Waals surface area contributed by atoms with Gasteiger partial charge in [0.15, 0.2) is 0 Å². The van der Waals surface area contributed by atoms with E-state index in [0.717, 1.165) is 11.3 Å². The van der Waals surface area contributed by atoms with Crippen molar-refractivity contribution in [2.24, 2.45) is 5.92 Å². The molecule has 1 aliphatic heterocycles. The van der Waals surface area contributed by atoms with Crippen LogP contribution < -0.4 is 4.74 Å². The molecule has 0 radical (unpaired) electrons. The van der Waals surface area contributed by atoms with E-state index in [1.807, 2.05) is 34.1 Å². The van der Waals surface area contributed by atoms with E-state index >= 15 is 0 Å². The topological polar surface area (TPSA) is 49.9 Å². The van der Waals surface area contributed by atoms with E-state index in [9.17, 15) is 9.59 Å². The molecule has 0 bridgehead atoms. The standard InChI is InChI=1S/C19H28N2O3/c1-15(2)14-19(23)21-12-10-20(11-13-21)18(22)9-8-16-6-4-5-7-17(16)24-3/h4-7,15H,8-14H2,1-3H3. The third-order valence-electron chi connectivity index (χ3n) is 4.37. The summed E-state index contributed by atoms with van der Waals surface area (Å²) in [6.07, 6.45) is 1.73. The van der Waals surface area contributed by atoms with Gasteiger partial charge in [0, 0.05) is 39.0 Å². The minimum absolute atomic E-state index is 0.150. The van der Waals surface area contributed by atoms with Crippen molar-refractivity contribution in [1.29, 1.82) is 0 Å². The normalized spacial score (nSPS) is 14.8. The number of hydrogen-bond acceptors (Lipinski definition) is 3. The van der Waals surface area contributed by atoms with Crippen LogP contribution >= 0.6 is 0 Å². The summed E-state index contributed by atoms with van der Waals surface area (Å²) in [6.45, 7) is 6.66. The maximum absolute atomic E-state index is 12.4. The third-order valence-corrected chi connectivity index (χ3v) is 4.37. The summed E-state index contributed by atoms with van der Waals surface area (Å²) in [5, 5.41) is 0. The number of rotatable bonds is 6. The molecular formula is C19H28N2O3. The number of aryl methyl sites for hydroxylation is 1. The second-order valence-electron chi connectivity index (χ2n) is 6.67. The Hall–Kier alpha value is -2.04. The average Bonchev–Trinajstić information content (AvgIpc) is 2.59. The highest BCUT2D eigenvalue weighted by atomic mass is 16.5. The lowest BCUT2D eigenvalue weighted by molar-refractivity contribution is -0.140. The van der Waals surface area contributed by atoms with Crippen LogP contribution in [0.15, 0.2) is 24.3 Å². The lowest BCUT2D eigenvalue weighted by Gasteiger charge is -2.35. The van der Waals surface area contributed by atoms with Crippen molar-refractivity contribution in [2.45, 2.75) is 33.1 Å². The zero-order valence-electron chi connectivity index (χ0n) is 15.0. The fraction of sp³-hybridized carbons (Fsp3) is 0.579. The molecule has 1 heterocycles. The van der Waals surface area contributed by atoms with Crippen molar-refractivity contribution < 1.29 is 14.3 Å². The molecule has 132 valence electrons. The van der Waals surface area contributed by atoms with Crippen LogP contribution in [0.3, 0.4) is 0 Å². The monoisotopic (exact) mass is 332 g/mol. The van der Waals surface area contributed by atoms with Crippen molar-refractivity contribution in [3.63, 3.8) is 0 Å². The van der Waals surface area contributed by atoms with Gasteiger partial charge >= 0.3 is 0 Å². The number of piperazine rings is 1. The maximum Gasteiger partial charge on any atom is 0.223 e. The Morgan fingerprint density at radius 3 is 2.21 bits per heavy atom. The molecule has 24 heavy (non-hydrogen) atoms. The molecule has 0 saturated carbocycles. The molecule has 1 aromatic rings. The Morgan fingerprint density at radius 2 is 1.62 bits per heavy atom. The summed E-state index contributed by atoms with van der Waals surface area (Å²) < 4.78 is 5.33. The van der Waals surface area contributed by atoms with Crippen LogP contribution in [-0.2, 0) is 16.0 Å². The Morgan fingerprint density at radius 1 is 1.04 bits per heavy atom. The third kappa shape index (κ3) is 4.98. The second kappa shape index (κ2) is 8.71. The highest BCUT2D eigenvalue weighted by Gasteiger charge is 2.24. The average molecular weight is 332 g/mol. The lowest BCUT2D eigenvalue weighted by Crippen LogP contribution is -2.50. The van der Waals surface area contributed by atoms with Crippen molar-refractivity contribution in [3.05, 3.63) is 29.8 Å². The van der Waals surface area contributed by atoms with Crippen LogP contribution in [-0.4, -0.2) is 54.9 Å². The number of hydrogen-bond donors (Lipinski definition) is 0. The second-order valence-corrected chi connectivity index (χ2v) is 6.67. The molecule has 1 fully saturated rings. The Kier molecular flexibility index (Phi) is 6.64. The van der Waals surface area contributed by atoms with Crippen LogP contribution in [0.2, 0.25) is 0 Å². The van der Waals surface area contributed by atoms with Gasteiger partial charge in [-0.25, -0.2) is 0 Å². The molecule has 2 rings (SSSR count). The summed E-state index contributed by atoms with van der Waals surface area (Å²) in [4.78, 5) is 28.2. The van der Waals surface area contributed by atoms with Gasteiger partial charge in [-0.1, -0.05) is 32.0 Å². The summed E-state index contributed by atoms with van der Waals surface area (Å²) >= 11 is 0. The number of ether oxygens (including phenoxy) is 1. The van der Waals surface area contributed by atoms with Crippen LogP contribution in [0.25, 0.3) is 0 Å². The predicted molar refractivity (Wildman–Crippen MR) is 93.9 cm³/mol. The number of carbonyl (C=O) groups excluding carboxylic acids is 2. The first kappa shape index (κ1) is 18.3. The van der Waals surface area contributed by atoms with Gasteiger partial charge in [0.1, 0.15) is 5.75 Å². The largest absolute Gasteiger partial charge is 0.496 e. The van der Waals surface area contributed by atoms with Crippen molar-refractivity contribution in [3.8, 4) is 5.75 Å². The molecule has 1 saturated heterocycles. The van der Waals surface area contributed by atoms with Gasteiger partial charge in [-0.2, -0.15) is 0 Å². The molecule has 0 unspecified atom stereocenters. The minimum atomic E-state index is 0.150. The van der Waals surface area contributed by atoms with Crippen molar-refractivity contribution in [2.75, 3.05) is 33.3 Å². The highest BCUT2D eigenvalue weighted by molar-refractivity contribution is 5.78. The molecule has 5 nitrogen and oxygen atoms in total. The molecule has 2 amide bonds. The van der Waals surface area contributed by atoms with Crippen LogP contribution in [0, 0.1) is 5.92 Å². The van der Waals surface area contributed by atoms with E-state index in [0.29, 0.717) is 51.4 Å². The van der Waals surface area contributed by atoms with Crippen LogP contribution in [0.4, 0.5) is 0 Å². The molecule has 0 aromatic heterocycles. The van der Waals surface area contributed by atoms with Crippen molar-refractivity contribution in [1.82, 2.24) is 9.80 Å². The molecule has 1 aromatic carbocycles. The molecule has 0 spiro atoms. The zero-order chi connectivity index (χ0) is 17.5. The Labute approximate surface area is 144 Å². The van der Waals surface area contributed by atoms with E-state index in [2.05, 4.69) is 13.8 Å². The summed E-state index contributed by atoms with van der Waals surface area (Å²) in [7, 11) is 1.65. The number of benzene rings is 1. The van der Waals surface area contributed by atoms with Gasteiger partial charge in [0.2, 0.25) is 11.8 Å². The summed E-state index contributed by atoms with van der Waals surface area (Å²) in [5.41, 5.74) is 1.05. The van der Waals surface area contributed by atoms with E-state index in [1.54, 1.807) is 7.11 Å². The number of amides is 2. The number of nitrogens with zero attached hydrogens (tertiary/aromatic N) is 2. The quantitative estimate of drug-likeness (QED) is 0.803. The summed E-state index contributed by atoms with van der Waals surface area (Å²) in [5.74, 6) is 1.55. The molecule has 0 atom stereocenters. The fourth-order valence-electron chi connectivity index (χ4n) is 2.99.